The quantitative estimate of drug-likeness (QED) is 0.622. The van der Waals surface area contributed by atoms with Gasteiger partial charge in [0.15, 0.2) is 0 Å². The van der Waals surface area contributed by atoms with Crippen molar-refractivity contribution in [2.24, 2.45) is 0 Å². The SMILES string of the molecule is [c]1cnn(-c2c[nH]c3ncccc23)c1. The molecule has 0 amide bonds. The number of rotatable bonds is 1. The molecule has 4 nitrogen and oxygen atoms in total. The van der Waals surface area contributed by atoms with Crippen LogP contribution in [0, 0.1) is 6.07 Å². The normalized spacial score (nSPS) is 10.9. The first-order chi connectivity index (χ1) is 6.95. The molecule has 3 rings (SSSR count). The minimum atomic E-state index is 0.873. The van der Waals surface area contributed by atoms with Gasteiger partial charge in [-0.2, -0.15) is 5.10 Å². The first-order valence-corrected chi connectivity index (χ1v) is 4.28. The molecule has 0 saturated carbocycles. The zero-order valence-corrected chi connectivity index (χ0v) is 7.31. The van der Waals surface area contributed by atoms with Crippen molar-refractivity contribution in [3.8, 4) is 5.69 Å². The van der Waals surface area contributed by atoms with E-state index in [1.54, 1.807) is 23.3 Å². The van der Waals surface area contributed by atoms with Gasteiger partial charge < -0.3 is 4.98 Å². The van der Waals surface area contributed by atoms with Crippen molar-refractivity contribution >= 4 is 11.0 Å². The third-order valence-electron chi connectivity index (χ3n) is 2.13. The number of nitrogens with one attached hydrogen (secondary N) is 1. The molecule has 3 aromatic rings. The smallest absolute Gasteiger partial charge is 0.139 e. The number of nitrogens with zero attached hydrogens (tertiary/aromatic N) is 3. The molecule has 0 aliphatic carbocycles. The maximum atomic E-state index is 4.20. The summed E-state index contributed by atoms with van der Waals surface area (Å²) in [5.41, 5.74) is 1.87. The van der Waals surface area contributed by atoms with Crippen LogP contribution in [0.3, 0.4) is 0 Å². The maximum Gasteiger partial charge on any atom is 0.139 e. The van der Waals surface area contributed by atoms with Crippen molar-refractivity contribution in [1.82, 2.24) is 19.7 Å². The van der Waals surface area contributed by atoms with Crippen LogP contribution in [0.4, 0.5) is 0 Å². The maximum absolute atomic E-state index is 4.20. The summed E-state index contributed by atoms with van der Waals surface area (Å²) in [5, 5.41) is 5.18. The van der Waals surface area contributed by atoms with Gasteiger partial charge in [-0.25, -0.2) is 9.67 Å². The number of hydrogen-bond acceptors (Lipinski definition) is 2. The van der Waals surface area contributed by atoms with Crippen molar-refractivity contribution in [2.45, 2.75) is 0 Å². The lowest BCUT2D eigenvalue weighted by Gasteiger charge is -1.96. The van der Waals surface area contributed by atoms with E-state index in [0.717, 1.165) is 16.7 Å². The molecular weight excluding hydrogens is 176 g/mol. The molecule has 0 spiro atoms. The molecule has 0 aromatic carbocycles. The highest BCUT2D eigenvalue weighted by Gasteiger charge is 2.04. The Hall–Kier alpha value is -2.10. The fourth-order valence-corrected chi connectivity index (χ4v) is 1.50. The Morgan fingerprint density at radius 3 is 3.29 bits per heavy atom. The van der Waals surface area contributed by atoms with Crippen LogP contribution in [0.2, 0.25) is 0 Å². The van der Waals surface area contributed by atoms with Crippen LogP contribution in [0.15, 0.2) is 36.9 Å². The van der Waals surface area contributed by atoms with Gasteiger partial charge >= 0.3 is 0 Å². The molecule has 14 heavy (non-hydrogen) atoms. The predicted molar refractivity (Wildman–Crippen MR) is 52.1 cm³/mol. The molecule has 0 saturated heterocycles. The monoisotopic (exact) mass is 183 g/mol. The lowest BCUT2D eigenvalue weighted by molar-refractivity contribution is 0.887. The molecule has 3 aromatic heterocycles. The van der Waals surface area contributed by atoms with Crippen molar-refractivity contribution in [3.05, 3.63) is 43.0 Å². The van der Waals surface area contributed by atoms with E-state index < -0.39 is 0 Å². The van der Waals surface area contributed by atoms with E-state index >= 15 is 0 Å². The first kappa shape index (κ1) is 7.32. The zero-order chi connectivity index (χ0) is 9.38. The van der Waals surface area contributed by atoms with E-state index in [1.165, 1.54) is 0 Å². The lowest BCUT2D eigenvalue weighted by Crippen LogP contribution is -1.91. The van der Waals surface area contributed by atoms with Crippen molar-refractivity contribution in [2.75, 3.05) is 0 Å². The minimum absolute atomic E-state index is 0.873. The van der Waals surface area contributed by atoms with E-state index in [4.69, 9.17) is 0 Å². The Balaban J connectivity index is 2.33. The highest BCUT2D eigenvalue weighted by molar-refractivity contribution is 5.84. The van der Waals surface area contributed by atoms with Gasteiger partial charge in [-0.1, -0.05) is 0 Å². The lowest BCUT2D eigenvalue weighted by atomic mass is 10.3. The fourth-order valence-electron chi connectivity index (χ4n) is 1.50. The summed E-state index contributed by atoms with van der Waals surface area (Å²) in [5.74, 6) is 0. The highest BCUT2D eigenvalue weighted by Crippen LogP contribution is 2.18. The number of hydrogen-bond donors (Lipinski definition) is 1. The average molecular weight is 183 g/mol. The molecule has 1 N–H and O–H groups in total. The van der Waals surface area contributed by atoms with Gasteiger partial charge in [-0.15, -0.1) is 0 Å². The van der Waals surface area contributed by atoms with Gasteiger partial charge in [0.1, 0.15) is 5.65 Å². The minimum Gasteiger partial charge on any atom is -0.344 e. The summed E-state index contributed by atoms with van der Waals surface area (Å²) < 4.78 is 1.76. The van der Waals surface area contributed by atoms with E-state index in [2.05, 4.69) is 21.1 Å². The van der Waals surface area contributed by atoms with Crippen LogP contribution in [0.5, 0.6) is 0 Å². The van der Waals surface area contributed by atoms with Crippen LogP contribution in [0.25, 0.3) is 16.7 Å². The van der Waals surface area contributed by atoms with Crippen LogP contribution >= 0.6 is 0 Å². The summed E-state index contributed by atoms with van der Waals surface area (Å²) in [6, 6.07) is 6.82. The molecule has 0 fully saturated rings. The molecule has 0 atom stereocenters. The Morgan fingerprint density at radius 1 is 1.43 bits per heavy atom. The zero-order valence-electron chi connectivity index (χ0n) is 7.31. The standard InChI is InChI=1S/C10H7N4/c1-3-8-9(14-6-2-5-13-14)7-12-10(8)11-4-1/h1,3-7H,(H,11,12). The number of fused-ring (bicyclic) bond motifs is 1. The van der Waals surface area contributed by atoms with E-state index in [-0.39, 0.29) is 0 Å². The largest absolute Gasteiger partial charge is 0.344 e. The molecule has 0 bridgehead atoms. The van der Waals surface area contributed by atoms with Gasteiger partial charge in [-0.05, 0) is 12.1 Å². The van der Waals surface area contributed by atoms with E-state index in [9.17, 15) is 0 Å². The number of pyridine rings is 1. The van der Waals surface area contributed by atoms with Crippen LogP contribution < -0.4 is 0 Å². The summed E-state index contributed by atoms with van der Waals surface area (Å²) >= 11 is 0. The first-order valence-electron chi connectivity index (χ1n) is 4.28. The molecule has 67 valence electrons. The topological polar surface area (TPSA) is 46.5 Å². The Labute approximate surface area is 80.2 Å². The van der Waals surface area contributed by atoms with Gasteiger partial charge in [-0.3, -0.25) is 0 Å². The van der Waals surface area contributed by atoms with Gasteiger partial charge in [0.2, 0.25) is 0 Å². The third-order valence-corrected chi connectivity index (χ3v) is 2.13. The van der Waals surface area contributed by atoms with Crippen molar-refractivity contribution < 1.29 is 0 Å². The van der Waals surface area contributed by atoms with E-state index in [1.807, 2.05) is 18.3 Å². The van der Waals surface area contributed by atoms with Crippen molar-refractivity contribution in [1.29, 1.82) is 0 Å². The molecule has 0 aliphatic rings. The fraction of sp³-hybridized carbons (Fsp3) is 0. The van der Waals surface area contributed by atoms with Gasteiger partial charge in [0.25, 0.3) is 0 Å². The summed E-state index contributed by atoms with van der Waals surface area (Å²) in [7, 11) is 0. The molecule has 0 aliphatic heterocycles. The second-order valence-electron chi connectivity index (χ2n) is 2.96. The molecule has 1 radical (unpaired) electrons. The summed E-state index contributed by atoms with van der Waals surface area (Å²) in [6.45, 7) is 0. The molecule has 0 unspecified atom stereocenters. The van der Waals surface area contributed by atoms with Crippen LogP contribution in [-0.4, -0.2) is 19.7 Å². The van der Waals surface area contributed by atoms with E-state index in [0.29, 0.717) is 0 Å². The second kappa shape index (κ2) is 2.70. The average Bonchev–Trinajstić information content (AvgIpc) is 2.85. The van der Waals surface area contributed by atoms with Gasteiger partial charge in [0.05, 0.1) is 11.9 Å². The predicted octanol–water partition coefficient (Wildman–Crippen LogP) is 1.55. The van der Waals surface area contributed by atoms with Crippen molar-refractivity contribution in [3.63, 3.8) is 0 Å². The Kier molecular flexibility index (Phi) is 1.41. The number of aromatic amines is 1. The highest BCUT2D eigenvalue weighted by atomic mass is 15.3. The number of aromatic nitrogens is 4. The van der Waals surface area contributed by atoms with Crippen LogP contribution in [0.1, 0.15) is 0 Å². The molecular formula is C10H7N4. The Morgan fingerprint density at radius 2 is 2.43 bits per heavy atom. The molecule has 4 heteroatoms. The summed E-state index contributed by atoms with van der Waals surface area (Å²) in [6.07, 6.45) is 7.07. The molecule has 3 heterocycles. The van der Waals surface area contributed by atoms with Crippen LogP contribution in [-0.2, 0) is 0 Å². The third kappa shape index (κ3) is 0.939. The Bertz CT molecular complexity index is 550. The number of H-pyrrole nitrogens is 1. The van der Waals surface area contributed by atoms with Gasteiger partial charge in [0, 0.05) is 30.0 Å². The second-order valence-corrected chi connectivity index (χ2v) is 2.96. The summed E-state index contributed by atoms with van der Waals surface area (Å²) in [4.78, 5) is 7.30.